The summed E-state index contributed by atoms with van der Waals surface area (Å²) in [5.74, 6) is 1.28. The maximum absolute atomic E-state index is 12.8. The van der Waals surface area contributed by atoms with E-state index in [4.69, 9.17) is 18.9 Å². The second-order valence-electron chi connectivity index (χ2n) is 8.04. The zero-order valence-electron chi connectivity index (χ0n) is 19.9. The molecule has 1 fully saturated rings. The highest BCUT2D eigenvalue weighted by Gasteiger charge is 2.35. The van der Waals surface area contributed by atoms with Gasteiger partial charge in [-0.25, -0.2) is 0 Å². The maximum atomic E-state index is 12.8. The number of methoxy groups -OCH3 is 1. The van der Waals surface area contributed by atoms with Crippen LogP contribution in [0.25, 0.3) is 0 Å². The van der Waals surface area contributed by atoms with E-state index in [1.807, 2.05) is 48.5 Å². The lowest BCUT2D eigenvalue weighted by Gasteiger charge is -2.17. The van der Waals surface area contributed by atoms with E-state index in [9.17, 15) is 9.59 Å². The number of carbonyl (C=O) groups excluding carboxylic acids is 2. The number of esters is 1. The SMILES string of the molecule is CCOC(=O)CCCOc1ccc(C[C@H](NB2CO2)C(=O)NCCc2ccc(OC)cc2)cc1. The monoisotopic (exact) mass is 468 g/mol. The van der Waals surface area contributed by atoms with Crippen molar-refractivity contribution < 1.29 is 28.5 Å². The van der Waals surface area contributed by atoms with Crippen molar-refractivity contribution in [1.29, 1.82) is 0 Å². The molecule has 0 saturated carbocycles. The van der Waals surface area contributed by atoms with Gasteiger partial charge in [-0.3, -0.25) is 9.59 Å². The average molecular weight is 468 g/mol. The van der Waals surface area contributed by atoms with Crippen LogP contribution >= 0.6 is 0 Å². The maximum Gasteiger partial charge on any atom is 0.405 e. The van der Waals surface area contributed by atoms with E-state index in [2.05, 4.69) is 10.5 Å². The minimum absolute atomic E-state index is 0.0525. The Hall–Kier alpha value is -3.04. The summed E-state index contributed by atoms with van der Waals surface area (Å²) >= 11 is 0. The van der Waals surface area contributed by atoms with Crippen LogP contribution in [-0.2, 0) is 31.8 Å². The molecule has 9 heteroatoms. The van der Waals surface area contributed by atoms with Gasteiger partial charge in [-0.05, 0) is 61.6 Å². The molecule has 8 nitrogen and oxygen atoms in total. The molecule has 2 N–H and O–H groups in total. The Bertz CT molecular complexity index is 903. The molecule has 1 amide bonds. The summed E-state index contributed by atoms with van der Waals surface area (Å²) in [5.41, 5.74) is 2.15. The molecule has 0 aromatic heterocycles. The topological polar surface area (TPSA) is 98.4 Å². The van der Waals surface area contributed by atoms with Gasteiger partial charge in [-0.1, -0.05) is 24.3 Å². The van der Waals surface area contributed by atoms with Crippen LogP contribution in [0.3, 0.4) is 0 Å². The van der Waals surface area contributed by atoms with Crippen molar-refractivity contribution in [3.8, 4) is 11.5 Å². The molecule has 0 spiro atoms. The normalized spacial score (nSPS) is 13.2. The van der Waals surface area contributed by atoms with Gasteiger partial charge in [-0.15, -0.1) is 0 Å². The van der Waals surface area contributed by atoms with Gasteiger partial charge in [-0.2, -0.15) is 0 Å². The first-order chi connectivity index (χ1) is 16.6. The summed E-state index contributed by atoms with van der Waals surface area (Å²) in [5, 5.41) is 6.28. The van der Waals surface area contributed by atoms with Gasteiger partial charge in [0.05, 0.1) is 32.9 Å². The van der Waals surface area contributed by atoms with Crippen LogP contribution in [0.2, 0.25) is 0 Å². The van der Waals surface area contributed by atoms with Crippen molar-refractivity contribution in [2.45, 2.75) is 38.6 Å². The van der Waals surface area contributed by atoms with Gasteiger partial charge >= 0.3 is 13.0 Å². The lowest BCUT2D eigenvalue weighted by molar-refractivity contribution is -0.143. The van der Waals surface area contributed by atoms with Crippen LogP contribution in [0.5, 0.6) is 11.5 Å². The van der Waals surface area contributed by atoms with Crippen molar-refractivity contribution in [1.82, 2.24) is 10.5 Å². The Kier molecular flexibility index (Phi) is 10.2. The third kappa shape index (κ3) is 9.07. The zero-order chi connectivity index (χ0) is 24.2. The summed E-state index contributed by atoms with van der Waals surface area (Å²) in [6.07, 6.45) is 2.22. The molecule has 0 radical (unpaired) electrons. The van der Waals surface area contributed by atoms with Gasteiger partial charge in [0.2, 0.25) is 5.91 Å². The highest BCUT2D eigenvalue weighted by atomic mass is 16.5. The Morgan fingerprint density at radius 3 is 2.38 bits per heavy atom. The Morgan fingerprint density at radius 1 is 1.06 bits per heavy atom. The molecule has 1 atom stereocenters. The third-order valence-electron chi connectivity index (χ3n) is 5.37. The standard InChI is InChI=1S/C25H33BN2O6/c1-3-32-24(29)5-4-16-33-22-12-8-20(9-13-22)17-23(28-26-18-34-26)25(30)27-15-14-19-6-10-21(31-2)11-7-19/h6-13,23,28H,3-5,14-18H2,1-2H3,(H,27,30)/t23-/m0/s1. The van der Waals surface area contributed by atoms with Crippen LogP contribution in [-0.4, -0.2) is 58.3 Å². The first kappa shape index (κ1) is 25.6. The molecule has 1 aliphatic rings. The van der Waals surface area contributed by atoms with Gasteiger partial charge in [0, 0.05) is 13.0 Å². The molecule has 0 bridgehead atoms. The van der Waals surface area contributed by atoms with Crippen molar-refractivity contribution in [2.75, 3.05) is 33.4 Å². The summed E-state index contributed by atoms with van der Waals surface area (Å²) in [6.45, 7) is 3.80. The molecular formula is C25H33BN2O6. The zero-order valence-corrected chi connectivity index (χ0v) is 19.9. The molecular weight excluding hydrogens is 435 g/mol. The van der Waals surface area contributed by atoms with Gasteiger partial charge < -0.3 is 29.4 Å². The van der Waals surface area contributed by atoms with E-state index >= 15 is 0 Å². The average Bonchev–Trinajstić information content (AvgIpc) is 3.67. The second-order valence-corrected chi connectivity index (χ2v) is 8.04. The third-order valence-corrected chi connectivity index (χ3v) is 5.37. The van der Waals surface area contributed by atoms with Crippen LogP contribution < -0.4 is 20.0 Å². The number of carbonyl (C=O) groups is 2. The molecule has 1 saturated heterocycles. The Labute approximate surface area is 201 Å². The van der Waals surface area contributed by atoms with E-state index in [-0.39, 0.29) is 25.0 Å². The smallest absolute Gasteiger partial charge is 0.405 e. The van der Waals surface area contributed by atoms with E-state index < -0.39 is 0 Å². The fourth-order valence-corrected chi connectivity index (χ4v) is 3.44. The predicted molar refractivity (Wildman–Crippen MR) is 130 cm³/mol. The number of amides is 1. The van der Waals surface area contributed by atoms with Crippen LogP contribution in [0.4, 0.5) is 0 Å². The molecule has 3 rings (SSSR count). The Balaban J connectivity index is 1.44. The molecule has 0 unspecified atom stereocenters. The molecule has 34 heavy (non-hydrogen) atoms. The van der Waals surface area contributed by atoms with Gasteiger partial charge in [0.15, 0.2) is 0 Å². The first-order valence-electron chi connectivity index (χ1n) is 11.7. The fourth-order valence-electron chi connectivity index (χ4n) is 3.44. The summed E-state index contributed by atoms with van der Waals surface area (Å²) in [4.78, 5) is 24.2. The molecule has 2 aromatic rings. The van der Waals surface area contributed by atoms with Crippen molar-refractivity contribution >= 4 is 18.9 Å². The summed E-state index contributed by atoms with van der Waals surface area (Å²) < 4.78 is 21.1. The minimum Gasteiger partial charge on any atom is -0.497 e. The lowest BCUT2D eigenvalue weighted by atomic mass is 9.92. The second kappa shape index (κ2) is 13.6. The van der Waals surface area contributed by atoms with E-state index in [1.54, 1.807) is 14.0 Å². The molecule has 2 aromatic carbocycles. The molecule has 0 aliphatic carbocycles. The van der Waals surface area contributed by atoms with Crippen molar-refractivity contribution in [3.05, 3.63) is 59.7 Å². The first-order valence-corrected chi connectivity index (χ1v) is 11.7. The number of nitrogens with one attached hydrogen (secondary N) is 2. The van der Waals surface area contributed by atoms with E-state index in [0.717, 1.165) is 29.0 Å². The lowest BCUT2D eigenvalue weighted by Crippen LogP contribution is -2.48. The largest absolute Gasteiger partial charge is 0.497 e. The highest BCUT2D eigenvalue weighted by Crippen LogP contribution is 2.15. The fraction of sp³-hybridized carbons (Fsp3) is 0.440. The van der Waals surface area contributed by atoms with Crippen molar-refractivity contribution in [2.24, 2.45) is 0 Å². The van der Waals surface area contributed by atoms with E-state index in [0.29, 0.717) is 45.5 Å². The van der Waals surface area contributed by atoms with Gasteiger partial charge in [0.25, 0.3) is 0 Å². The van der Waals surface area contributed by atoms with Crippen LogP contribution in [0.15, 0.2) is 48.5 Å². The predicted octanol–water partition coefficient (Wildman–Crippen LogP) is 2.33. The number of benzene rings is 2. The van der Waals surface area contributed by atoms with Crippen LogP contribution in [0, 0.1) is 0 Å². The molecule has 1 heterocycles. The number of rotatable bonds is 15. The number of ether oxygens (including phenoxy) is 3. The summed E-state index contributed by atoms with van der Waals surface area (Å²) in [6, 6.07) is 15.1. The quantitative estimate of drug-likeness (QED) is 0.179. The minimum atomic E-state index is -0.389. The number of hydrogen-bond acceptors (Lipinski definition) is 7. The highest BCUT2D eigenvalue weighted by molar-refractivity contribution is 6.57. The molecule has 1 aliphatic heterocycles. The van der Waals surface area contributed by atoms with Gasteiger partial charge in [0.1, 0.15) is 11.5 Å². The number of hydrogen-bond donors (Lipinski definition) is 2. The van der Waals surface area contributed by atoms with Crippen LogP contribution in [0.1, 0.15) is 30.9 Å². The van der Waals surface area contributed by atoms with E-state index in [1.165, 1.54) is 0 Å². The summed E-state index contributed by atoms with van der Waals surface area (Å²) in [7, 11) is 1.57. The van der Waals surface area contributed by atoms with Crippen molar-refractivity contribution in [3.63, 3.8) is 0 Å². The molecule has 182 valence electrons. The Morgan fingerprint density at radius 2 is 1.74 bits per heavy atom.